The van der Waals surface area contributed by atoms with Crippen LogP contribution >= 0.6 is 0 Å². The van der Waals surface area contributed by atoms with Crippen molar-refractivity contribution in [1.82, 2.24) is 4.57 Å². The first-order valence-electron chi connectivity index (χ1n) is 6.62. The van der Waals surface area contributed by atoms with E-state index in [1.165, 1.54) is 19.3 Å². The Morgan fingerprint density at radius 2 is 2.00 bits per heavy atom. The number of nitrogens with zero attached hydrogens (tertiary/aromatic N) is 1. The Morgan fingerprint density at radius 3 is 2.78 bits per heavy atom. The van der Waals surface area contributed by atoms with Crippen molar-refractivity contribution < 1.29 is 4.42 Å². The zero-order chi connectivity index (χ0) is 13.0. The second kappa shape index (κ2) is 5.76. The lowest BCUT2D eigenvalue weighted by molar-refractivity contribution is 0.487. The average Bonchev–Trinajstić information content (AvgIpc) is 2.67. The van der Waals surface area contributed by atoms with Gasteiger partial charge >= 0.3 is 5.76 Å². The van der Waals surface area contributed by atoms with Gasteiger partial charge in [0.05, 0.1) is 5.69 Å². The van der Waals surface area contributed by atoms with E-state index >= 15 is 0 Å². The van der Waals surface area contributed by atoms with Crippen LogP contribution in [0, 0.1) is 0 Å². The van der Waals surface area contributed by atoms with Crippen LogP contribution in [0.25, 0.3) is 11.1 Å². The number of hydrogen-bond donors (Lipinski definition) is 1. The first kappa shape index (κ1) is 12.7. The molecule has 1 heterocycles. The Kier molecular flexibility index (Phi) is 4.07. The lowest BCUT2D eigenvalue weighted by Crippen LogP contribution is -2.14. The maximum atomic E-state index is 11.8. The van der Waals surface area contributed by atoms with Gasteiger partial charge in [0.15, 0.2) is 5.58 Å². The van der Waals surface area contributed by atoms with Crippen molar-refractivity contribution >= 4 is 16.8 Å². The second-order valence-electron chi connectivity index (χ2n) is 4.63. The van der Waals surface area contributed by atoms with Crippen molar-refractivity contribution in [2.24, 2.45) is 0 Å². The van der Waals surface area contributed by atoms with Crippen molar-refractivity contribution in [1.29, 1.82) is 0 Å². The summed E-state index contributed by atoms with van der Waals surface area (Å²) in [5.74, 6) is -0.307. The van der Waals surface area contributed by atoms with Gasteiger partial charge in [-0.15, -0.1) is 0 Å². The molecule has 0 saturated carbocycles. The van der Waals surface area contributed by atoms with Crippen LogP contribution in [0.1, 0.15) is 39.0 Å². The molecule has 0 bridgehead atoms. The molecule has 0 aliphatic heterocycles. The Labute approximate surface area is 106 Å². The van der Waals surface area contributed by atoms with Crippen LogP contribution in [0.5, 0.6) is 0 Å². The number of aromatic nitrogens is 1. The van der Waals surface area contributed by atoms with Crippen molar-refractivity contribution in [2.45, 2.75) is 45.6 Å². The normalized spacial score (nSPS) is 11.2. The zero-order valence-corrected chi connectivity index (χ0v) is 10.8. The predicted molar refractivity (Wildman–Crippen MR) is 73.6 cm³/mol. The minimum Gasteiger partial charge on any atom is -0.408 e. The first-order chi connectivity index (χ1) is 8.74. The topological polar surface area (TPSA) is 61.2 Å². The molecule has 0 aliphatic rings. The largest absolute Gasteiger partial charge is 0.420 e. The zero-order valence-electron chi connectivity index (χ0n) is 10.8. The van der Waals surface area contributed by atoms with Crippen LogP contribution in [0.3, 0.4) is 0 Å². The summed E-state index contributed by atoms with van der Waals surface area (Å²) < 4.78 is 6.83. The van der Waals surface area contributed by atoms with Crippen molar-refractivity contribution in [3.05, 3.63) is 28.7 Å². The molecule has 18 heavy (non-hydrogen) atoms. The van der Waals surface area contributed by atoms with Crippen LogP contribution in [-0.4, -0.2) is 4.57 Å². The highest BCUT2D eigenvalue weighted by molar-refractivity contribution is 5.85. The highest BCUT2D eigenvalue weighted by Gasteiger charge is 2.10. The van der Waals surface area contributed by atoms with Gasteiger partial charge in [0.2, 0.25) is 0 Å². The predicted octanol–water partition coefficient (Wildman–Crippen LogP) is 3.15. The van der Waals surface area contributed by atoms with Gasteiger partial charge in [-0.25, -0.2) is 4.79 Å². The Hall–Kier alpha value is -1.71. The Morgan fingerprint density at radius 1 is 1.22 bits per heavy atom. The lowest BCUT2D eigenvalue weighted by Gasteiger charge is -2.03. The molecular formula is C14H20N2O2. The second-order valence-corrected chi connectivity index (χ2v) is 4.63. The molecular weight excluding hydrogens is 228 g/mol. The summed E-state index contributed by atoms with van der Waals surface area (Å²) in [5, 5.41) is 0. The number of fused-ring (bicyclic) bond motifs is 1. The first-order valence-corrected chi connectivity index (χ1v) is 6.62. The molecule has 2 aromatic rings. The fourth-order valence-electron chi connectivity index (χ4n) is 2.23. The van der Waals surface area contributed by atoms with Crippen molar-refractivity contribution in [2.75, 3.05) is 5.73 Å². The van der Waals surface area contributed by atoms with Gasteiger partial charge in [0.25, 0.3) is 0 Å². The standard InChI is InChI=1S/C14H20N2O2/c1-2-3-4-5-6-10-16-13-11(15)8-7-9-12(13)18-14(16)17/h7-9H,2-6,10,15H2,1H3. The quantitative estimate of drug-likeness (QED) is 0.631. The summed E-state index contributed by atoms with van der Waals surface area (Å²) in [7, 11) is 0. The van der Waals surface area contributed by atoms with E-state index in [4.69, 9.17) is 10.2 Å². The highest BCUT2D eigenvalue weighted by Crippen LogP contribution is 2.20. The SMILES string of the molecule is CCCCCCCn1c(=O)oc2cccc(N)c21. The highest BCUT2D eigenvalue weighted by atomic mass is 16.4. The number of rotatable bonds is 6. The maximum absolute atomic E-state index is 11.8. The molecule has 0 fully saturated rings. The fraction of sp³-hybridized carbons (Fsp3) is 0.500. The van der Waals surface area contributed by atoms with Gasteiger partial charge in [-0.3, -0.25) is 4.57 Å². The number of benzene rings is 1. The van der Waals surface area contributed by atoms with E-state index in [0.717, 1.165) is 18.4 Å². The average molecular weight is 248 g/mol. The third-order valence-electron chi connectivity index (χ3n) is 3.20. The minimum absolute atomic E-state index is 0.307. The Balaban J connectivity index is 2.12. The maximum Gasteiger partial charge on any atom is 0.420 e. The van der Waals surface area contributed by atoms with E-state index in [1.54, 1.807) is 22.8 Å². The van der Waals surface area contributed by atoms with Crippen LogP contribution in [0.4, 0.5) is 5.69 Å². The van der Waals surface area contributed by atoms with E-state index in [2.05, 4.69) is 6.92 Å². The minimum atomic E-state index is -0.307. The molecule has 98 valence electrons. The van der Waals surface area contributed by atoms with Crippen molar-refractivity contribution in [3.63, 3.8) is 0 Å². The number of oxazole rings is 1. The van der Waals surface area contributed by atoms with Gasteiger partial charge < -0.3 is 10.2 Å². The van der Waals surface area contributed by atoms with E-state index in [-0.39, 0.29) is 5.76 Å². The number of nitrogens with two attached hydrogens (primary N) is 1. The molecule has 2 rings (SSSR count). The number of hydrogen-bond acceptors (Lipinski definition) is 3. The molecule has 0 atom stereocenters. The van der Waals surface area contributed by atoms with Crippen molar-refractivity contribution in [3.8, 4) is 0 Å². The number of para-hydroxylation sites is 1. The third-order valence-corrected chi connectivity index (χ3v) is 3.20. The van der Waals surface area contributed by atoms with Gasteiger partial charge in [0.1, 0.15) is 5.52 Å². The third kappa shape index (κ3) is 2.58. The molecule has 0 spiro atoms. The molecule has 1 aromatic carbocycles. The molecule has 0 unspecified atom stereocenters. The number of anilines is 1. The summed E-state index contributed by atoms with van der Waals surface area (Å²) in [5.41, 5.74) is 7.82. The summed E-state index contributed by atoms with van der Waals surface area (Å²) >= 11 is 0. The Bertz CT molecular complexity index is 569. The molecule has 0 amide bonds. The molecule has 0 saturated heterocycles. The van der Waals surface area contributed by atoms with Crippen LogP contribution in [0.15, 0.2) is 27.4 Å². The van der Waals surface area contributed by atoms with Gasteiger partial charge in [-0.2, -0.15) is 0 Å². The summed E-state index contributed by atoms with van der Waals surface area (Å²) in [6.07, 6.45) is 5.82. The van der Waals surface area contributed by atoms with Gasteiger partial charge in [-0.05, 0) is 18.6 Å². The molecule has 4 nitrogen and oxygen atoms in total. The lowest BCUT2D eigenvalue weighted by atomic mass is 10.1. The molecule has 4 heteroatoms. The molecule has 0 aliphatic carbocycles. The fourth-order valence-corrected chi connectivity index (χ4v) is 2.23. The smallest absolute Gasteiger partial charge is 0.408 e. The van der Waals surface area contributed by atoms with Crippen LogP contribution in [-0.2, 0) is 6.54 Å². The number of aryl methyl sites for hydroxylation is 1. The van der Waals surface area contributed by atoms with Crippen LogP contribution in [0.2, 0.25) is 0 Å². The molecule has 1 aromatic heterocycles. The van der Waals surface area contributed by atoms with Crippen LogP contribution < -0.4 is 11.5 Å². The summed E-state index contributed by atoms with van der Waals surface area (Å²) in [6.45, 7) is 2.87. The number of nitrogen functional groups attached to an aromatic ring is 1. The van der Waals surface area contributed by atoms with E-state index < -0.39 is 0 Å². The summed E-state index contributed by atoms with van der Waals surface area (Å²) in [6, 6.07) is 5.37. The molecule has 2 N–H and O–H groups in total. The summed E-state index contributed by atoms with van der Waals surface area (Å²) in [4.78, 5) is 11.8. The van der Waals surface area contributed by atoms with E-state index in [1.807, 2.05) is 0 Å². The molecule has 0 radical (unpaired) electrons. The van der Waals surface area contributed by atoms with Gasteiger partial charge in [0, 0.05) is 6.54 Å². The monoisotopic (exact) mass is 248 g/mol. The number of unbranched alkanes of at least 4 members (excludes halogenated alkanes) is 4. The van der Waals surface area contributed by atoms with Gasteiger partial charge in [-0.1, -0.05) is 38.7 Å². The van der Waals surface area contributed by atoms with E-state index in [0.29, 0.717) is 17.8 Å². The van der Waals surface area contributed by atoms with E-state index in [9.17, 15) is 4.79 Å².